The van der Waals surface area contributed by atoms with Gasteiger partial charge in [-0.25, -0.2) is 4.98 Å². The molecule has 1 fully saturated rings. The molecule has 2 heterocycles. The van der Waals surface area contributed by atoms with Crippen molar-refractivity contribution >= 4 is 10.9 Å². The Kier molecular flexibility index (Phi) is 2.88. The molecule has 3 rings (SSSR count). The summed E-state index contributed by atoms with van der Waals surface area (Å²) in [7, 11) is 0. The molecule has 0 N–H and O–H groups in total. The summed E-state index contributed by atoms with van der Waals surface area (Å²) in [4.78, 5) is 16.8. The SMILES string of the molecule is CCc1ccc2ncn(C3CCOC3)c(=O)c2c1. The molecule has 1 aromatic heterocycles. The normalized spacial score (nSPS) is 19.5. The Balaban J connectivity index is 2.17. The molecule has 0 spiro atoms. The lowest BCUT2D eigenvalue weighted by Crippen LogP contribution is -2.25. The second kappa shape index (κ2) is 4.53. The summed E-state index contributed by atoms with van der Waals surface area (Å²) in [5.74, 6) is 0. The Morgan fingerprint density at radius 3 is 3.11 bits per heavy atom. The number of hydrogen-bond acceptors (Lipinski definition) is 3. The number of benzene rings is 1. The van der Waals surface area contributed by atoms with Gasteiger partial charge in [-0.3, -0.25) is 9.36 Å². The molecular weight excluding hydrogens is 228 g/mol. The predicted octanol–water partition coefficient (Wildman–Crippen LogP) is 1.92. The Morgan fingerprint density at radius 1 is 1.50 bits per heavy atom. The van der Waals surface area contributed by atoms with Crippen molar-refractivity contribution in [3.05, 3.63) is 40.4 Å². The lowest BCUT2D eigenvalue weighted by atomic mass is 10.1. The van der Waals surface area contributed by atoms with Gasteiger partial charge < -0.3 is 4.74 Å². The smallest absolute Gasteiger partial charge is 0.261 e. The van der Waals surface area contributed by atoms with E-state index >= 15 is 0 Å². The van der Waals surface area contributed by atoms with Gasteiger partial charge in [0.1, 0.15) is 0 Å². The van der Waals surface area contributed by atoms with Gasteiger partial charge in [0.25, 0.3) is 5.56 Å². The topological polar surface area (TPSA) is 44.1 Å². The van der Waals surface area contributed by atoms with E-state index in [1.807, 2.05) is 18.2 Å². The number of rotatable bonds is 2. The molecular formula is C14H16N2O2. The fourth-order valence-corrected chi connectivity index (χ4v) is 2.40. The van der Waals surface area contributed by atoms with E-state index in [-0.39, 0.29) is 11.6 Å². The Morgan fingerprint density at radius 2 is 2.39 bits per heavy atom. The molecule has 4 nitrogen and oxygen atoms in total. The molecule has 1 aliphatic heterocycles. The number of nitrogens with zero attached hydrogens (tertiary/aromatic N) is 2. The van der Waals surface area contributed by atoms with E-state index in [9.17, 15) is 4.79 Å². The van der Waals surface area contributed by atoms with Crippen LogP contribution in [0.15, 0.2) is 29.3 Å². The highest BCUT2D eigenvalue weighted by Crippen LogP contribution is 2.18. The van der Waals surface area contributed by atoms with E-state index in [0.717, 1.165) is 25.0 Å². The highest BCUT2D eigenvalue weighted by molar-refractivity contribution is 5.78. The molecule has 1 atom stereocenters. The first-order valence-corrected chi connectivity index (χ1v) is 6.37. The largest absolute Gasteiger partial charge is 0.379 e. The predicted molar refractivity (Wildman–Crippen MR) is 69.9 cm³/mol. The van der Waals surface area contributed by atoms with Crippen molar-refractivity contribution in [1.82, 2.24) is 9.55 Å². The minimum atomic E-state index is 0.0470. The highest BCUT2D eigenvalue weighted by Gasteiger charge is 2.19. The van der Waals surface area contributed by atoms with Crippen molar-refractivity contribution in [1.29, 1.82) is 0 Å². The molecule has 0 saturated carbocycles. The summed E-state index contributed by atoms with van der Waals surface area (Å²) in [6.45, 7) is 3.42. The van der Waals surface area contributed by atoms with Crippen LogP contribution in [0.4, 0.5) is 0 Å². The van der Waals surface area contributed by atoms with Gasteiger partial charge in [-0.2, -0.15) is 0 Å². The minimum absolute atomic E-state index is 0.0470. The van der Waals surface area contributed by atoms with E-state index in [1.165, 1.54) is 5.56 Å². The van der Waals surface area contributed by atoms with Crippen LogP contribution < -0.4 is 5.56 Å². The quantitative estimate of drug-likeness (QED) is 0.810. The van der Waals surface area contributed by atoms with Gasteiger partial charge in [0.2, 0.25) is 0 Å². The third kappa shape index (κ3) is 1.82. The lowest BCUT2D eigenvalue weighted by molar-refractivity contribution is 0.186. The van der Waals surface area contributed by atoms with Crippen LogP contribution in [-0.2, 0) is 11.2 Å². The maximum atomic E-state index is 12.5. The summed E-state index contributed by atoms with van der Waals surface area (Å²) in [6.07, 6.45) is 3.47. The van der Waals surface area contributed by atoms with Crippen molar-refractivity contribution in [2.75, 3.05) is 13.2 Å². The van der Waals surface area contributed by atoms with Crippen molar-refractivity contribution in [3.8, 4) is 0 Å². The third-order valence-corrected chi connectivity index (χ3v) is 3.55. The van der Waals surface area contributed by atoms with E-state index in [1.54, 1.807) is 10.9 Å². The zero-order valence-corrected chi connectivity index (χ0v) is 10.4. The van der Waals surface area contributed by atoms with Gasteiger partial charge in [0.15, 0.2) is 0 Å². The minimum Gasteiger partial charge on any atom is -0.379 e. The summed E-state index contributed by atoms with van der Waals surface area (Å²) < 4.78 is 7.05. The van der Waals surface area contributed by atoms with Crippen molar-refractivity contribution in [3.63, 3.8) is 0 Å². The number of fused-ring (bicyclic) bond motifs is 1. The standard InChI is InChI=1S/C14H16N2O2/c1-2-10-3-4-13-12(7-10)14(17)16(9-15-13)11-5-6-18-8-11/h3-4,7,9,11H,2,5-6,8H2,1H3. The fourth-order valence-electron chi connectivity index (χ4n) is 2.40. The molecule has 0 aliphatic carbocycles. The van der Waals surface area contributed by atoms with Gasteiger partial charge >= 0.3 is 0 Å². The van der Waals surface area contributed by atoms with Crippen LogP contribution in [0.2, 0.25) is 0 Å². The van der Waals surface area contributed by atoms with Crippen molar-refractivity contribution in [2.45, 2.75) is 25.8 Å². The van der Waals surface area contributed by atoms with Gasteiger partial charge in [-0.05, 0) is 30.5 Å². The second-order valence-electron chi connectivity index (χ2n) is 4.68. The molecule has 1 unspecified atom stereocenters. The lowest BCUT2D eigenvalue weighted by Gasteiger charge is -2.12. The average Bonchev–Trinajstić information content (AvgIpc) is 2.93. The van der Waals surface area contributed by atoms with E-state index in [4.69, 9.17) is 4.74 Å². The molecule has 0 amide bonds. The number of hydrogen-bond donors (Lipinski definition) is 0. The molecule has 94 valence electrons. The molecule has 18 heavy (non-hydrogen) atoms. The van der Waals surface area contributed by atoms with Gasteiger partial charge in [-0.15, -0.1) is 0 Å². The average molecular weight is 244 g/mol. The number of aromatic nitrogens is 2. The van der Waals surface area contributed by atoms with E-state index in [2.05, 4.69) is 11.9 Å². The molecule has 1 saturated heterocycles. The second-order valence-corrected chi connectivity index (χ2v) is 4.68. The fraction of sp³-hybridized carbons (Fsp3) is 0.429. The highest BCUT2D eigenvalue weighted by atomic mass is 16.5. The Hall–Kier alpha value is -1.68. The molecule has 0 bridgehead atoms. The molecule has 0 radical (unpaired) electrons. The first kappa shape index (κ1) is 11.4. The van der Waals surface area contributed by atoms with Crippen molar-refractivity contribution < 1.29 is 4.74 Å². The first-order chi connectivity index (χ1) is 8.79. The van der Waals surface area contributed by atoms with Crippen LogP contribution in [0.5, 0.6) is 0 Å². The molecule has 1 aliphatic rings. The van der Waals surface area contributed by atoms with E-state index in [0.29, 0.717) is 12.0 Å². The van der Waals surface area contributed by atoms with Crippen LogP contribution in [-0.4, -0.2) is 22.8 Å². The molecule has 1 aromatic carbocycles. The summed E-state index contributed by atoms with van der Waals surface area (Å²) in [6, 6.07) is 6.04. The summed E-state index contributed by atoms with van der Waals surface area (Å²) in [5.41, 5.74) is 1.99. The molecule has 2 aromatic rings. The van der Waals surface area contributed by atoms with E-state index < -0.39 is 0 Å². The first-order valence-electron chi connectivity index (χ1n) is 6.37. The Labute approximate surface area is 105 Å². The van der Waals surface area contributed by atoms with Gasteiger partial charge in [0, 0.05) is 6.61 Å². The number of ether oxygens (including phenoxy) is 1. The van der Waals surface area contributed by atoms with Gasteiger partial charge in [0.05, 0.1) is 29.9 Å². The number of aryl methyl sites for hydroxylation is 1. The Bertz CT molecular complexity index is 627. The summed E-state index contributed by atoms with van der Waals surface area (Å²) in [5, 5.41) is 0.712. The monoisotopic (exact) mass is 244 g/mol. The third-order valence-electron chi connectivity index (χ3n) is 3.55. The summed E-state index contributed by atoms with van der Waals surface area (Å²) >= 11 is 0. The zero-order valence-electron chi connectivity index (χ0n) is 10.4. The van der Waals surface area contributed by atoms with Crippen LogP contribution in [0.25, 0.3) is 10.9 Å². The van der Waals surface area contributed by atoms with Crippen molar-refractivity contribution in [2.24, 2.45) is 0 Å². The van der Waals surface area contributed by atoms with Crippen LogP contribution in [0.1, 0.15) is 24.9 Å². The molecule has 4 heteroatoms. The van der Waals surface area contributed by atoms with Crippen LogP contribution >= 0.6 is 0 Å². The van der Waals surface area contributed by atoms with Crippen LogP contribution in [0, 0.1) is 0 Å². The zero-order chi connectivity index (χ0) is 12.5. The maximum absolute atomic E-state index is 12.5. The van der Waals surface area contributed by atoms with Crippen LogP contribution in [0.3, 0.4) is 0 Å². The maximum Gasteiger partial charge on any atom is 0.261 e. The van der Waals surface area contributed by atoms with Gasteiger partial charge in [-0.1, -0.05) is 13.0 Å².